The van der Waals surface area contributed by atoms with E-state index in [-0.39, 0.29) is 6.61 Å². The Kier molecular flexibility index (Phi) is 4.90. The average Bonchev–Trinajstić information content (AvgIpc) is 2.90. The lowest BCUT2D eigenvalue weighted by molar-refractivity contribution is 0.0953. The number of piperidine rings is 1. The fourth-order valence-electron chi connectivity index (χ4n) is 3.93. The number of aliphatic hydroxyl groups is 1. The Hall–Kier alpha value is -1.24. The van der Waals surface area contributed by atoms with Gasteiger partial charge in [0.2, 0.25) is 5.95 Å². The Morgan fingerprint density at radius 1 is 1.32 bits per heavy atom. The predicted molar refractivity (Wildman–Crippen MR) is 84.9 cm³/mol. The van der Waals surface area contributed by atoms with Crippen LogP contribution in [0.3, 0.4) is 0 Å². The van der Waals surface area contributed by atoms with Crippen LogP contribution in [0.15, 0.2) is 18.5 Å². The lowest BCUT2D eigenvalue weighted by Gasteiger charge is -2.39. The van der Waals surface area contributed by atoms with Crippen molar-refractivity contribution in [2.24, 2.45) is 5.41 Å². The number of β-amino-alcohol motifs (C(OH)–C–C–N with tert-alkyl or cyclic N) is 1. The number of aliphatic hydroxyl groups excluding tert-OH is 1. The molecule has 0 bridgehead atoms. The van der Waals surface area contributed by atoms with Gasteiger partial charge in [-0.25, -0.2) is 9.97 Å². The van der Waals surface area contributed by atoms with E-state index in [2.05, 4.69) is 19.8 Å². The monoisotopic (exact) mass is 306 g/mol. The van der Waals surface area contributed by atoms with Crippen molar-refractivity contribution in [1.29, 1.82) is 0 Å². The molecule has 1 N–H and O–H groups in total. The average molecular weight is 306 g/mol. The highest BCUT2D eigenvalue weighted by molar-refractivity contribution is 5.35. The first-order valence-electron chi connectivity index (χ1n) is 8.12. The molecule has 0 aromatic carbocycles. The topological polar surface area (TPSA) is 61.7 Å². The molecule has 0 aliphatic carbocycles. The molecule has 1 atom stereocenters. The Bertz CT molecular complexity index is 462. The van der Waals surface area contributed by atoms with Crippen LogP contribution >= 0.6 is 0 Å². The smallest absolute Gasteiger partial charge is 0.225 e. The van der Waals surface area contributed by atoms with Crippen LogP contribution in [0.4, 0.5) is 5.95 Å². The molecule has 3 rings (SSSR count). The number of ether oxygens (including phenoxy) is 1. The van der Waals surface area contributed by atoms with Crippen LogP contribution in [-0.4, -0.2) is 72.5 Å². The quantitative estimate of drug-likeness (QED) is 0.867. The second-order valence-corrected chi connectivity index (χ2v) is 6.56. The molecule has 0 amide bonds. The van der Waals surface area contributed by atoms with E-state index in [4.69, 9.17) is 9.84 Å². The number of hydrogen-bond donors (Lipinski definition) is 1. The number of hydrogen-bond acceptors (Lipinski definition) is 6. The zero-order valence-corrected chi connectivity index (χ0v) is 13.3. The van der Waals surface area contributed by atoms with E-state index >= 15 is 0 Å². The minimum absolute atomic E-state index is 0.253. The minimum Gasteiger partial charge on any atom is -0.395 e. The van der Waals surface area contributed by atoms with Gasteiger partial charge in [0.15, 0.2) is 0 Å². The molecular formula is C16H26N4O2. The first kappa shape index (κ1) is 15.6. The van der Waals surface area contributed by atoms with Crippen molar-refractivity contribution in [2.45, 2.75) is 25.3 Å². The van der Waals surface area contributed by atoms with Gasteiger partial charge in [0.1, 0.15) is 0 Å². The maximum absolute atomic E-state index is 9.10. The molecule has 2 saturated heterocycles. The summed E-state index contributed by atoms with van der Waals surface area (Å²) in [5.41, 5.74) is 0.342. The summed E-state index contributed by atoms with van der Waals surface area (Å²) in [5.74, 6) is 0.819. The third-order valence-corrected chi connectivity index (χ3v) is 5.12. The van der Waals surface area contributed by atoms with Crippen LogP contribution in [0.1, 0.15) is 19.3 Å². The molecule has 2 fully saturated rings. The van der Waals surface area contributed by atoms with Crippen molar-refractivity contribution in [3.63, 3.8) is 0 Å². The lowest BCUT2D eigenvalue weighted by Crippen LogP contribution is -2.42. The molecule has 1 unspecified atom stereocenters. The molecule has 6 nitrogen and oxygen atoms in total. The SMILES string of the molecule is COCC1CC2(CCN(CCO)CC2)CN1c1ncccn1. The summed E-state index contributed by atoms with van der Waals surface area (Å²) < 4.78 is 5.43. The number of likely N-dealkylation sites (tertiary alicyclic amines) is 1. The van der Waals surface area contributed by atoms with Gasteiger partial charge in [-0.3, -0.25) is 0 Å². The maximum Gasteiger partial charge on any atom is 0.225 e. The summed E-state index contributed by atoms with van der Waals surface area (Å²) in [6.45, 7) is 4.93. The van der Waals surface area contributed by atoms with Gasteiger partial charge in [-0.05, 0) is 43.8 Å². The molecule has 2 aliphatic heterocycles. The Balaban J connectivity index is 1.71. The van der Waals surface area contributed by atoms with Crippen molar-refractivity contribution >= 4 is 5.95 Å². The molecule has 3 heterocycles. The first-order valence-corrected chi connectivity index (χ1v) is 8.12. The van der Waals surface area contributed by atoms with Gasteiger partial charge in [-0.2, -0.15) is 0 Å². The van der Waals surface area contributed by atoms with Gasteiger partial charge >= 0.3 is 0 Å². The summed E-state index contributed by atoms with van der Waals surface area (Å²) in [7, 11) is 1.76. The molecule has 2 aliphatic rings. The van der Waals surface area contributed by atoms with E-state index in [0.717, 1.165) is 45.2 Å². The van der Waals surface area contributed by atoms with E-state index in [9.17, 15) is 0 Å². The lowest BCUT2D eigenvalue weighted by atomic mass is 9.76. The molecule has 22 heavy (non-hydrogen) atoms. The van der Waals surface area contributed by atoms with Crippen LogP contribution in [0.5, 0.6) is 0 Å². The van der Waals surface area contributed by atoms with Gasteiger partial charge in [0.05, 0.1) is 19.3 Å². The summed E-state index contributed by atoms with van der Waals surface area (Å²) >= 11 is 0. The molecule has 6 heteroatoms. The van der Waals surface area contributed by atoms with Crippen LogP contribution in [-0.2, 0) is 4.74 Å². The summed E-state index contributed by atoms with van der Waals surface area (Å²) in [6.07, 6.45) is 7.11. The maximum atomic E-state index is 9.10. The van der Waals surface area contributed by atoms with Crippen molar-refractivity contribution in [1.82, 2.24) is 14.9 Å². The van der Waals surface area contributed by atoms with E-state index in [1.165, 1.54) is 12.8 Å². The molecular weight excluding hydrogens is 280 g/mol. The van der Waals surface area contributed by atoms with E-state index < -0.39 is 0 Å². The number of methoxy groups -OCH3 is 1. The van der Waals surface area contributed by atoms with Crippen LogP contribution in [0.2, 0.25) is 0 Å². The summed E-state index contributed by atoms with van der Waals surface area (Å²) in [4.78, 5) is 13.5. The number of aromatic nitrogens is 2. The van der Waals surface area contributed by atoms with E-state index in [1.54, 1.807) is 19.5 Å². The summed E-state index contributed by atoms with van der Waals surface area (Å²) in [6, 6.07) is 2.21. The zero-order valence-electron chi connectivity index (χ0n) is 13.3. The third kappa shape index (κ3) is 3.24. The van der Waals surface area contributed by atoms with Gasteiger partial charge in [-0.1, -0.05) is 0 Å². The molecule has 1 spiro atoms. The molecule has 1 aromatic rings. The number of rotatable bonds is 5. The molecule has 0 radical (unpaired) electrons. The molecule has 0 saturated carbocycles. The zero-order chi connectivity index (χ0) is 15.4. The third-order valence-electron chi connectivity index (χ3n) is 5.12. The second kappa shape index (κ2) is 6.89. The number of nitrogens with zero attached hydrogens (tertiary/aromatic N) is 4. The Morgan fingerprint density at radius 2 is 2.05 bits per heavy atom. The van der Waals surface area contributed by atoms with Gasteiger partial charge in [0, 0.05) is 32.6 Å². The van der Waals surface area contributed by atoms with Crippen molar-refractivity contribution in [3.05, 3.63) is 18.5 Å². The van der Waals surface area contributed by atoms with Crippen LogP contribution in [0, 0.1) is 5.41 Å². The Morgan fingerprint density at radius 3 is 2.68 bits per heavy atom. The number of anilines is 1. The molecule has 122 valence electrons. The fraction of sp³-hybridized carbons (Fsp3) is 0.750. The van der Waals surface area contributed by atoms with Gasteiger partial charge in [0.25, 0.3) is 0 Å². The minimum atomic E-state index is 0.253. The van der Waals surface area contributed by atoms with Crippen LogP contribution in [0.25, 0.3) is 0 Å². The Labute approximate surface area is 132 Å². The highest BCUT2D eigenvalue weighted by Crippen LogP contribution is 2.44. The highest BCUT2D eigenvalue weighted by Gasteiger charge is 2.46. The normalized spacial score (nSPS) is 25.0. The van der Waals surface area contributed by atoms with Crippen molar-refractivity contribution in [2.75, 3.05) is 51.4 Å². The van der Waals surface area contributed by atoms with Crippen LogP contribution < -0.4 is 4.90 Å². The highest BCUT2D eigenvalue weighted by atomic mass is 16.5. The predicted octanol–water partition coefficient (Wildman–Crippen LogP) is 0.776. The van der Waals surface area contributed by atoms with E-state index in [1.807, 2.05) is 6.07 Å². The fourth-order valence-corrected chi connectivity index (χ4v) is 3.93. The summed E-state index contributed by atoms with van der Waals surface area (Å²) in [5, 5.41) is 9.10. The first-order chi connectivity index (χ1) is 10.8. The van der Waals surface area contributed by atoms with Gasteiger partial charge < -0.3 is 19.6 Å². The van der Waals surface area contributed by atoms with E-state index in [0.29, 0.717) is 11.5 Å². The largest absolute Gasteiger partial charge is 0.395 e. The van der Waals surface area contributed by atoms with Crippen molar-refractivity contribution < 1.29 is 9.84 Å². The van der Waals surface area contributed by atoms with Gasteiger partial charge in [-0.15, -0.1) is 0 Å². The van der Waals surface area contributed by atoms with Crippen molar-refractivity contribution in [3.8, 4) is 0 Å². The molecule has 1 aromatic heterocycles. The second-order valence-electron chi connectivity index (χ2n) is 6.56. The standard InChI is InChI=1S/C16H26N4O2/c1-22-12-14-11-16(3-7-19(8-4-16)9-10-21)13-20(14)15-17-5-2-6-18-15/h2,5-6,14,21H,3-4,7-13H2,1H3.